The smallest absolute Gasteiger partial charge is 0.0585 e. The fraction of sp³-hybridized carbons (Fsp3) is 0.111. The molecule has 1 nitrogen and oxygen atoms in total. The molecule has 1 aliphatic rings. The third kappa shape index (κ3) is 1.86. The van der Waals surface area contributed by atoms with E-state index in [0.717, 1.165) is 0 Å². The van der Waals surface area contributed by atoms with Gasteiger partial charge in [-0.1, -0.05) is 92.7 Å². The fourth-order valence-electron chi connectivity index (χ4n) is 5.15. The van der Waals surface area contributed by atoms with Crippen LogP contribution >= 0.6 is 0 Å². The van der Waals surface area contributed by atoms with Crippen molar-refractivity contribution in [3.8, 4) is 16.9 Å². The minimum Gasteiger partial charge on any atom is -0.308 e. The Labute approximate surface area is 164 Å². The van der Waals surface area contributed by atoms with Gasteiger partial charge >= 0.3 is 0 Å². The molecule has 0 bridgehead atoms. The molecule has 1 heteroatoms. The lowest BCUT2D eigenvalue weighted by Gasteiger charge is -2.21. The lowest BCUT2D eigenvalue weighted by molar-refractivity contribution is 0.666. The largest absolute Gasteiger partial charge is 0.308 e. The first-order valence-corrected chi connectivity index (χ1v) is 9.90. The maximum atomic E-state index is 2.49. The first-order chi connectivity index (χ1) is 13.7. The molecule has 0 saturated carbocycles. The van der Waals surface area contributed by atoms with Gasteiger partial charge in [0.2, 0.25) is 0 Å². The van der Waals surface area contributed by atoms with Gasteiger partial charge in [0, 0.05) is 21.8 Å². The van der Waals surface area contributed by atoms with E-state index in [4.69, 9.17) is 0 Å². The van der Waals surface area contributed by atoms with E-state index in [1.165, 1.54) is 49.7 Å². The zero-order valence-corrected chi connectivity index (χ0v) is 16.1. The van der Waals surface area contributed by atoms with Crippen LogP contribution < -0.4 is 0 Å². The molecule has 0 radical (unpaired) electrons. The van der Waals surface area contributed by atoms with E-state index in [1.807, 2.05) is 0 Å². The molecule has 0 N–H and O–H groups in total. The van der Waals surface area contributed by atoms with Crippen molar-refractivity contribution in [1.29, 1.82) is 0 Å². The zero-order valence-electron chi connectivity index (χ0n) is 16.1. The van der Waals surface area contributed by atoms with Crippen molar-refractivity contribution in [1.82, 2.24) is 4.57 Å². The first-order valence-electron chi connectivity index (χ1n) is 9.90. The van der Waals surface area contributed by atoms with Gasteiger partial charge in [0.15, 0.2) is 0 Å². The molecule has 4 aromatic carbocycles. The molecule has 134 valence electrons. The van der Waals surface area contributed by atoms with Crippen molar-refractivity contribution in [2.75, 3.05) is 0 Å². The highest BCUT2D eigenvalue weighted by Crippen LogP contribution is 2.53. The number of fused-ring (bicyclic) bond motifs is 6. The van der Waals surface area contributed by atoms with Crippen LogP contribution in [0.5, 0.6) is 0 Å². The minimum absolute atomic E-state index is 0.0125. The van der Waals surface area contributed by atoms with Crippen LogP contribution in [-0.2, 0) is 5.41 Å². The van der Waals surface area contributed by atoms with Crippen LogP contribution in [0.3, 0.4) is 0 Å². The quantitative estimate of drug-likeness (QED) is 0.301. The summed E-state index contributed by atoms with van der Waals surface area (Å²) in [6.07, 6.45) is 0. The van der Waals surface area contributed by atoms with E-state index in [-0.39, 0.29) is 5.41 Å². The Morgan fingerprint density at radius 3 is 2.21 bits per heavy atom. The Balaban J connectivity index is 1.85. The summed E-state index contributed by atoms with van der Waals surface area (Å²) in [6.45, 7) is 4.72. The molecule has 1 aliphatic carbocycles. The molecule has 1 heterocycles. The summed E-state index contributed by atoms with van der Waals surface area (Å²) in [7, 11) is 0. The van der Waals surface area contributed by atoms with Gasteiger partial charge in [0.1, 0.15) is 0 Å². The number of benzene rings is 4. The van der Waals surface area contributed by atoms with Crippen LogP contribution in [0.1, 0.15) is 25.0 Å². The first kappa shape index (κ1) is 15.7. The molecule has 0 saturated heterocycles. The summed E-state index contributed by atoms with van der Waals surface area (Å²) in [6, 6.07) is 33.0. The number of hydrogen-bond donors (Lipinski definition) is 0. The van der Waals surface area contributed by atoms with Crippen molar-refractivity contribution in [3.05, 3.63) is 102 Å². The van der Waals surface area contributed by atoms with Gasteiger partial charge < -0.3 is 4.57 Å². The second-order valence-corrected chi connectivity index (χ2v) is 8.25. The number of nitrogens with zero attached hydrogens (tertiary/aromatic N) is 1. The molecule has 0 amide bonds. The van der Waals surface area contributed by atoms with Crippen molar-refractivity contribution >= 4 is 21.7 Å². The zero-order chi connectivity index (χ0) is 18.9. The molecule has 0 spiro atoms. The van der Waals surface area contributed by atoms with Gasteiger partial charge in [0.05, 0.1) is 16.9 Å². The highest BCUT2D eigenvalue weighted by Gasteiger charge is 2.40. The van der Waals surface area contributed by atoms with Crippen LogP contribution in [0.4, 0.5) is 0 Å². The molecule has 0 unspecified atom stereocenters. The highest BCUT2D eigenvalue weighted by atomic mass is 15.0. The summed E-state index contributed by atoms with van der Waals surface area (Å²) in [4.78, 5) is 0. The predicted octanol–water partition coefficient (Wildman–Crippen LogP) is 7.09. The van der Waals surface area contributed by atoms with Crippen molar-refractivity contribution in [2.45, 2.75) is 19.3 Å². The highest BCUT2D eigenvalue weighted by molar-refractivity contribution is 6.02. The lowest BCUT2D eigenvalue weighted by Crippen LogP contribution is -2.14. The third-order valence-electron chi connectivity index (χ3n) is 6.36. The fourth-order valence-corrected chi connectivity index (χ4v) is 5.15. The van der Waals surface area contributed by atoms with E-state index in [9.17, 15) is 0 Å². The van der Waals surface area contributed by atoms with Gasteiger partial charge in [-0.05, 0) is 28.6 Å². The average molecular weight is 359 g/mol. The number of hydrogen-bond acceptors (Lipinski definition) is 0. The van der Waals surface area contributed by atoms with E-state index < -0.39 is 0 Å². The van der Waals surface area contributed by atoms with Gasteiger partial charge in [-0.3, -0.25) is 0 Å². The third-order valence-corrected chi connectivity index (χ3v) is 6.36. The Hall–Kier alpha value is -3.32. The molecule has 0 aliphatic heterocycles. The summed E-state index contributed by atoms with van der Waals surface area (Å²) >= 11 is 0. The summed E-state index contributed by atoms with van der Waals surface area (Å²) < 4.78 is 2.49. The SMILES string of the molecule is CC1(C)c2ccccc2-c2c1c1ccccc1n2-c1cccc2ccccc12. The van der Waals surface area contributed by atoms with Crippen molar-refractivity contribution < 1.29 is 0 Å². The average Bonchev–Trinajstić information content (AvgIpc) is 3.19. The van der Waals surface area contributed by atoms with Crippen molar-refractivity contribution in [3.63, 3.8) is 0 Å². The summed E-state index contributed by atoms with van der Waals surface area (Å²) in [5.74, 6) is 0. The molecule has 1 aromatic heterocycles. The summed E-state index contributed by atoms with van der Waals surface area (Å²) in [5, 5.41) is 3.92. The second kappa shape index (κ2) is 5.36. The Morgan fingerprint density at radius 1 is 0.643 bits per heavy atom. The predicted molar refractivity (Wildman–Crippen MR) is 118 cm³/mol. The van der Waals surface area contributed by atoms with Gasteiger partial charge in [-0.15, -0.1) is 0 Å². The van der Waals surface area contributed by atoms with Crippen LogP contribution in [0.15, 0.2) is 91.0 Å². The van der Waals surface area contributed by atoms with E-state index in [0.29, 0.717) is 0 Å². The molecule has 28 heavy (non-hydrogen) atoms. The normalized spacial score (nSPS) is 14.4. The van der Waals surface area contributed by atoms with Crippen LogP contribution in [0.2, 0.25) is 0 Å². The molecule has 5 aromatic rings. The molecule has 0 atom stereocenters. The van der Waals surface area contributed by atoms with Gasteiger partial charge in [0.25, 0.3) is 0 Å². The molecular formula is C27H21N. The maximum Gasteiger partial charge on any atom is 0.0585 e. The second-order valence-electron chi connectivity index (χ2n) is 8.25. The molecule has 6 rings (SSSR count). The maximum absolute atomic E-state index is 2.49. The number of para-hydroxylation sites is 1. The van der Waals surface area contributed by atoms with Crippen LogP contribution in [-0.4, -0.2) is 4.57 Å². The van der Waals surface area contributed by atoms with Crippen LogP contribution in [0.25, 0.3) is 38.6 Å². The van der Waals surface area contributed by atoms with E-state index in [1.54, 1.807) is 0 Å². The number of aromatic nitrogens is 1. The Morgan fingerprint density at radius 2 is 1.32 bits per heavy atom. The van der Waals surface area contributed by atoms with Crippen molar-refractivity contribution in [2.24, 2.45) is 0 Å². The lowest BCUT2D eigenvalue weighted by atomic mass is 9.81. The summed E-state index contributed by atoms with van der Waals surface area (Å²) in [5.41, 5.74) is 8.08. The van der Waals surface area contributed by atoms with E-state index >= 15 is 0 Å². The van der Waals surface area contributed by atoms with Gasteiger partial charge in [-0.2, -0.15) is 0 Å². The Kier molecular flexibility index (Phi) is 3.01. The molecular weight excluding hydrogens is 338 g/mol. The monoisotopic (exact) mass is 359 g/mol. The van der Waals surface area contributed by atoms with E-state index in [2.05, 4.69) is 109 Å². The number of rotatable bonds is 1. The van der Waals surface area contributed by atoms with Gasteiger partial charge in [-0.25, -0.2) is 0 Å². The standard InChI is InChI=1S/C27H21N/c1-27(2)22-15-7-5-13-20(22)26-25(27)21-14-6-8-16-24(21)28(26)23-17-9-11-18-10-3-4-12-19(18)23/h3-17H,1-2H3. The minimum atomic E-state index is -0.0125. The molecule has 0 fully saturated rings. The van der Waals surface area contributed by atoms with Crippen LogP contribution in [0, 0.1) is 0 Å². The Bertz CT molecular complexity index is 1380. The topological polar surface area (TPSA) is 4.93 Å².